The molecule has 1 atom stereocenters. The maximum Gasteiger partial charge on any atom is 0.260 e. The quantitative estimate of drug-likeness (QED) is 0.369. The van der Waals surface area contributed by atoms with E-state index >= 15 is 0 Å². The number of fused-ring (bicyclic) bond motifs is 1. The van der Waals surface area contributed by atoms with Crippen LogP contribution in [0.1, 0.15) is 60.9 Å². The lowest BCUT2D eigenvalue weighted by atomic mass is 9.96. The first kappa shape index (κ1) is 27.1. The summed E-state index contributed by atoms with van der Waals surface area (Å²) in [7, 11) is -0.363. The van der Waals surface area contributed by atoms with Gasteiger partial charge in [0.2, 0.25) is 10.0 Å². The number of anilines is 1. The number of hydrogen-bond donors (Lipinski definition) is 0. The van der Waals surface area contributed by atoms with Crippen molar-refractivity contribution in [2.24, 2.45) is 0 Å². The lowest BCUT2D eigenvalue weighted by Gasteiger charge is -2.30. The van der Waals surface area contributed by atoms with Crippen LogP contribution in [0, 0.1) is 6.92 Å². The predicted molar refractivity (Wildman–Crippen MR) is 150 cm³/mol. The van der Waals surface area contributed by atoms with E-state index in [2.05, 4.69) is 0 Å². The molecular weight excluding hydrogens is 522 g/mol. The average molecular weight is 558 g/mol. The Hall–Kier alpha value is -2.53. The first-order valence-electron chi connectivity index (χ1n) is 13.3. The fourth-order valence-corrected chi connectivity index (χ4v) is 7.83. The van der Waals surface area contributed by atoms with E-state index < -0.39 is 10.0 Å². The summed E-state index contributed by atoms with van der Waals surface area (Å²) in [5.74, 6) is 0.426. The minimum absolute atomic E-state index is 0.0245. The normalized spacial score (nSPS) is 18.8. The number of carbonyl (C=O) groups excluding carboxylic acids is 1. The summed E-state index contributed by atoms with van der Waals surface area (Å²) in [5.41, 5.74) is 2.20. The van der Waals surface area contributed by atoms with Crippen LogP contribution < -0.4 is 9.64 Å². The van der Waals surface area contributed by atoms with Crippen LogP contribution in [0.15, 0.2) is 41.3 Å². The molecule has 2 aliphatic rings. The van der Waals surface area contributed by atoms with Gasteiger partial charge < -0.3 is 9.47 Å². The highest BCUT2D eigenvalue weighted by Crippen LogP contribution is 2.37. The number of ether oxygens (including phenoxy) is 2. The number of sulfonamides is 1. The standard InChI is InChI=1S/C28H35N3O5S2/c1-19-11-16-24(35-3)25-26(19)37-28(29-25)31(18-22-10-7-17-36-22)27(32)20-12-14-23(15-13-20)38(33,34)30(2)21-8-5-4-6-9-21/h11-16,21-22H,4-10,17-18H2,1-3H3. The summed E-state index contributed by atoms with van der Waals surface area (Å²) < 4.78 is 40.4. The van der Waals surface area contributed by atoms with Crippen LogP contribution in [0.5, 0.6) is 5.75 Å². The molecule has 38 heavy (non-hydrogen) atoms. The maximum absolute atomic E-state index is 13.8. The first-order chi connectivity index (χ1) is 18.3. The first-order valence-corrected chi connectivity index (χ1v) is 15.5. The van der Waals surface area contributed by atoms with Crippen molar-refractivity contribution < 1.29 is 22.7 Å². The Kier molecular flexibility index (Phi) is 8.04. The van der Waals surface area contributed by atoms with Crippen molar-refractivity contribution in [3.8, 4) is 5.75 Å². The molecular formula is C28H35N3O5S2. The second kappa shape index (κ2) is 11.3. The van der Waals surface area contributed by atoms with Crippen molar-refractivity contribution >= 4 is 42.6 Å². The van der Waals surface area contributed by atoms with Gasteiger partial charge in [0.05, 0.1) is 29.4 Å². The Morgan fingerprint density at radius 2 is 1.82 bits per heavy atom. The van der Waals surface area contributed by atoms with Crippen LogP contribution in [0.2, 0.25) is 0 Å². The molecule has 2 heterocycles. The van der Waals surface area contributed by atoms with E-state index in [1.807, 2.05) is 19.1 Å². The fourth-order valence-electron chi connectivity index (χ4n) is 5.35. The molecule has 5 rings (SSSR count). The molecule has 2 fully saturated rings. The van der Waals surface area contributed by atoms with Gasteiger partial charge in [-0.15, -0.1) is 0 Å². The second-order valence-electron chi connectivity index (χ2n) is 10.1. The number of methoxy groups -OCH3 is 1. The number of aryl methyl sites for hydroxylation is 1. The highest BCUT2D eigenvalue weighted by molar-refractivity contribution is 7.89. The highest BCUT2D eigenvalue weighted by Gasteiger charge is 2.31. The Morgan fingerprint density at radius 1 is 1.08 bits per heavy atom. The molecule has 1 aliphatic carbocycles. The largest absolute Gasteiger partial charge is 0.494 e. The molecule has 0 N–H and O–H groups in total. The van der Waals surface area contributed by atoms with Gasteiger partial charge in [0, 0.05) is 25.3 Å². The van der Waals surface area contributed by atoms with Crippen LogP contribution in [0.25, 0.3) is 10.2 Å². The molecule has 1 amide bonds. The van der Waals surface area contributed by atoms with Crippen LogP contribution >= 0.6 is 11.3 Å². The lowest BCUT2D eigenvalue weighted by molar-refractivity contribution is 0.0917. The van der Waals surface area contributed by atoms with Gasteiger partial charge in [0.15, 0.2) is 5.13 Å². The molecule has 0 spiro atoms. The van der Waals surface area contributed by atoms with Crippen molar-refractivity contribution in [1.29, 1.82) is 0 Å². The maximum atomic E-state index is 13.8. The van der Waals surface area contributed by atoms with E-state index in [9.17, 15) is 13.2 Å². The minimum Gasteiger partial charge on any atom is -0.494 e. The minimum atomic E-state index is -3.64. The molecule has 1 saturated heterocycles. The van der Waals surface area contributed by atoms with Gasteiger partial charge in [-0.1, -0.05) is 36.7 Å². The van der Waals surface area contributed by atoms with Gasteiger partial charge in [-0.25, -0.2) is 13.4 Å². The van der Waals surface area contributed by atoms with E-state index in [0.717, 1.165) is 60.7 Å². The number of aromatic nitrogens is 1. The summed E-state index contributed by atoms with van der Waals surface area (Å²) in [4.78, 5) is 20.5. The SMILES string of the molecule is COc1ccc(C)c2sc(N(CC3CCCO3)C(=O)c3ccc(S(=O)(=O)N(C)C4CCCCC4)cc3)nc12. The van der Waals surface area contributed by atoms with Crippen molar-refractivity contribution in [3.05, 3.63) is 47.5 Å². The number of rotatable bonds is 8. The van der Waals surface area contributed by atoms with Crippen LogP contribution in [0.3, 0.4) is 0 Å². The van der Waals surface area contributed by atoms with Gasteiger partial charge in [0.25, 0.3) is 5.91 Å². The number of carbonyl (C=O) groups is 1. The molecule has 1 aliphatic heterocycles. The third-order valence-electron chi connectivity index (χ3n) is 7.67. The average Bonchev–Trinajstić information content (AvgIpc) is 3.62. The van der Waals surface area contributed by atoms with Crippen LogP contribution in [-0.4, -0.2) is 63.1 Å². The van der Waals surface area contributed by atoms with E-state index in [4.69, 9.17) is 14.5 Å². The summed E-state index contributed by atoms with van der Waals surface area (Å²) in [6.07, 6.45) is 6.80. The molecule has 1 saturated carbocycles. The Balaban J connectivity index is 1.44. The summed E-state index contributed by atoms with van der Waals surface area (Å²) >= 11 is 1.45. The molecule has 1 unspecified atom stereocenters. The molecule has 204 valence electrons. The third-order valence-corrected chi connectivity index (χ3v) is 10.8. The molecule has 8 nitrogen and oxygen atoms in total. The van der Waals surface area contributed by atoms with E-state index in [1.54, 1.807) is 31.2 Å². The summed E-state index contributed by atoms with van der Waals surface area (Å²) in [5, 5.41) is 0.571. The smallest absolute Gasteiger partial charge is 0.260 e. The van der Waals surface area contributed by atoms with E-state index in [1.165, 1.54) is 27.8 Å². The van der Waals surface area contributed by atoms with Crippen molar-refractivity contribution in [2.75, 3.05) is 32.2 Å². The molecule has 10 heteroatoms. The van der Waals surface area contributed by atoms with Gasteiger partial charge in [-0.2, -0.15) is 4.31 Å². The zero-order valence-corrected chi connectivity index (χ0v) is 23.8. The topological polar surface area (TPSA) is 89.0 Å². The van der Waals surface area contributed by atoms with Gasteiger partial charge >= 0.3 is 0 Å². The Labute approximate surface area is 228 Å². The zero-order chi connectivity index (χ0) is 26.9. The molecule has 3 aromatic rings. The van der Waals surface area contributed by atoms with E-state index in [0.29, 0.717) is 29.6 Å². The van der Waals surface area contributed by atoms with Crippen LogP contribution in [-0.2, 0) is 14.8 Å². The molecule has 1 aromatic heterocycles. The van der Waals surface area contributed by atoms with Crippen molar-refractivity contribution in [3.63, 3.8) is 0 Å². The number of thiazole rings is 1. The monoisotopic (exact) mass is 557 g/mol. The molecule has 2 aromatic carbocycles. The van der Waals surface area contributed by atoms with Gasteiger partial charge in [-0.3, -0.25) is 9.69 Å². The second-order valence-corrected chi connectivity index (χ2v) is 13.1. The van der Waals surface area contributed by atoms with Gasteiger partial charge in [0.1, 0.15) is 11.3 Å². The number of benzene rings is 2. The summed E-state index contributed by atoms with van der Waals surface area (Å²) in [6.45, 7) is 3.07. The number of amides is 1. The Bertz CT molecular complexity index is 1390. The zero-order valence-electron chi connectivity index (χ0n) is 22.2. The predicted octanol–water partition coefficient (Wildman–Crippen LogP) is 5.39. The lowest BCUT2D eigenvalue weighted by Crippen LogP contribution is -2.38. The third kappa shape index (κ3) is 5.32. The fraction of sp³-hybridized carbons (Fsp3) is 0.500. The van der Waals surface area contributed by atoms with Crippen molar-refractivity contribution in [1.82, 2.24) is 9.29 Å². The molecule has 0 radical (unpaired) electrons. The van der Waals surface area contributed by atoms with E-state index in [-0.39, 0.29) is 22.9 Å². The Morgan fingerprint density at radius 3 is 2.47 bits per heavy atom. The molecule has 0 bridgehead atoms. The number of hydrogen-bond acceptors (Lipinski definition) is 7. The van der Waals surface area contributed by atoms with Crippen LogP contribution in [0.4, 0.5) is 5.13 Å². The highest BCUT2D eigenvalue weighted by atomic mass is 32.2. The van der Waals surface area contributed by atoms with Crippen molar-refractivity contribution in [2.45, 2.75) is 68.9 Å². The summed E-state index contributed by atoms with van der Waals surface area (Å²) in [6, 6.07) is 10.2. The van der Waals surface area contributed by atoms with Gasteiger partial charge in [-0.05, 0) is 68.5 Å². The number of nitrogens with zero attached hydrogens (tertiary/aromatic N) is 3.